The minimum absolute atomic E-state index is 0.211. The van der Waals surface area contributed by atoms with Crippen LogP contribution < -0.4 is 16.0 Å². The highest BCUT2D eigenvalue weighted by molar-refractivity contribution is 9.10. The van der Waals surface area contributed by atoms with Crippen molar-refractivity contribution >= 4 is 79.7 Å². The van der Waals surface area contributed by atoms with Crippen molar-refractivity contribution in [2.45, 2.75) is 16.9 Å². The number of carbonyl (C=O) groups is 1. The molecule has 0 saturated heterocycles. The highest BCUT2D eigenvalue weighted by atomic mass is 79.9. The lowest BCUT2D eigenvalue weighted by Gasteiger charge is -2.28. The van der Waals surface area contributed by atoms with Gasteiger partial charge in [-0.25, -0.2) is 0 Å². The molecule has 0 heterocycles. The van der Waals surface area contributed by atoms with Gasteiger partial charge in [0.1, 0.15) is 6.17 Å². The fourth-order valence-electron chi connectivity index (χ4n) is 2.06. The molecule has 1 amide bonds. The number of amides is 1. The molecule has 3 N–H and O–H groups in total. The zero-order valence-electron chi connectivity index (χ0n) is 13.5. The standard InChI is InChI=1S/C17H15BrCl3N3OS/c1-10-6-2-5-9-13(10)22-16(26)24-15(17(19,20)21)23-14(25)11-7-3-4-8-12(11)18/h2-9,15H,1H3,(H,23,25)(H2,22,24,26). The van der Waals surface area contributed by atoms with E-state index in [1.807, 2.05) is 31.2 Å². The molecule has 138 valence electrons. The van der Waals surface area contributed by atoms with Gasteiger partial charge in [-0.05, 0) is 58.8 Å². The topological polar surface area (TPSA) is 53.2 Å². The highest BCUT2D eigenvalue weighted by Crippen LogP contribution is 2.29. The first-order chi connectivity index (χ1) is 12.2. The lowest BCUT2D eigenvalue weighted by atomic mass is 10.2. The predicted molar refractivity (Wildman–Crippen MR) is 116 cm³/mol. The lowest BCUT2D eigenvalue weighted by molar-refractivity contribution is 0.0934. The summed E-state index contributed by atoms with van der Waals surface area (Å²) in [6, 6.07) is 14.5. The van der Waals surface area contributed by atoms with Crippen molar-refractivity contribution in [3.05, 3.63) is 64.1 Å². The zero-order valence-corrected chi connectivity index (χ0v) is 18.2. The number of thiocarbonyl (C=S) groups is 1. The minimum atomic E-state index is -1.83. The molecule has 0 radical (unpaired) electrons. The molecule has 0 aliphatic carbocycles. The van der Waals surface area contributed by atoms with Crippen LogP contribution in [0.25, 0.3) is 0 Å². The molecule has 0 aromatic heterocycles. The second kappa shape index (κ2) is 9.24. The van der Waals surface area contributed by atoms with E-state index in [0.29, 0.717) is 10.0 Å². The van der Waals surface area contributed by atoms with Gasteiger partial charge in [-0.1, -0.05) is 65.1 Å². The Hall–Kier alpha value is -1.05. The molecule has 0 aliphatic heterocycles. The number of rotatable bonds is 4. The number of halogens is 4. The summed E-state index contributed by atoms with van der Waals surface area (Å²) in [4.78, 5) is 12.5. The smallest absolute Gasteiger partial charge is 0.254 e. The van der Waals surface area contributed by atoms with Gasteiger partial charge in [0.2, 0.25) is 3.79 Å². The Kier molecular flexibility index (Phi) is 7.55. The van der Waals surface area contributed by atoms with Gasteiger partial charge in [0.25, 0.3) is 5.91 Å². The van der Waals surface area contributed by atoms with Crippen LogP contribution in [0.3, 0.4) is 0 Å². The maximum absolute atomic E-state index is 12.5. The van der Waals surface area contributed by atoms with E-state index in [2.05, 4.69) is 31.9 Å². The van der Waals surface area contributed by atoms with Crippen LogP contribution in [0.2, 0.25) is 0 Å². The molecule has 2 aromatic carbocycles. The highest BCUT2D eigenvalue weighted by Gasteiger charge is 2.35. The minimum Gasteiger partial charge on any atom is -0.339 e. The van der Waals surface area contributed by atoms with Crippen LogP contribution in [0.4, 0.5) is 5.69 Å². The van der Waals surface area contributed by atoms with Crippen LogP contribution in [-0.2, 0) is 0 Å². The Morgan fingerprint density at radius 1 is 1.08 bits per heavy atom. The van der Waals surface area contributed by atoms with Crippen molar-refractivity contribution in [1.82, 2.24) is 10.6 Å². The normalized spacial score (nSPS) is 12.2. The largest absolute Gasteiger partial charge is 0.339 e. The Morgan fingerprint density at radius 2 is 1.69 bits per heavy atom. The number of alkyl halides is 3. The fourth-order valence-corrected chi connectivity index (χ4v) is 3.08. The summed E-state index contributed by atoms with van der Waals surface area (Å²) in [5.74, 6) is -0.417. The molecular formula is C17H15BrCl3N3OS. The molecule has 1 atom stereocenters. The van der Waals surface area contributed by atoms with Gasteiger partial charge >= 0.3 is 0 Å². The van der Waals surface area contributed by atoms with Crippen LogP contribution in [0.15, 0.2) is 53.0 Å². The molecule has 0 spiro atoms. The average Bonchev–Trinajstić information content (AvgIpc) is 2.56. The molecule has 0 fully saturated rings. The van der Waals surface area contributed by atoms with Gasteiger partial charge in [0.05, 0.1) is 5.56 Å². The molecule has 2 aromatic rings. The van der Waals surface area contributed by atoms with E-state index in [0.717, 1.165) is 11.3 Å². The monoisotopic (exact) mass is 493 g/mol. The summed E-state index contributed by atoms with van der Waals surface area (Å²) in [5, 5.41) is 8.70. The predicted octanol–water partition coefficient (Wildman–Crippen LogP) is 5.17. The van der Waals surface area contributed by atoms with Gasteiger partial charge in [-0.15, -0.1) is 0 Å². The summed E-state index contributed by atoms with van der Waals surface area (Å²) in [6.45, 7) is 1.94. The number of hydrogen-bond acceptors (Lipinski definition) is 2. The van der Waals surface area contributed by atoms with Crippen LogP contribution in [0.1, 0.15) is 15.9 Å². The lowest BCUT2D eigenvalue weighted by Crippen LogP contribution is -2.56. The van der Waals surface area contributed by atoms with E-state index >= 15 is 0 Å². The van der Waals surface area contributed by atoms with Crippen molar-refractivity contribution in [1.29, 1.82) is 0 Å². The third-order valence-electron chi connectivity index (χ3n) is 3.39. The van der Waals surface area contributed by atoms with Gasteiger partial charge in [-0.2, -0.15) is 0 Å². The molecule has 26 heavy (non-hydrogen) atoms. The van der Waals surface area contributed by atoms with Crippen molar-refractivity contribution in [3.8, 4) is 0 Å². The first-order valence-corrected chi connectivity index (χ1v) is 9.77. The molecule has 0 saturated carbocycles. The summed E-state index contributed by atoms with van der Waals surface area (Å²) in [6.07, 6.45) is -1.05. The third-order valence-corrected chi connectivity index (χ3v) is 4.96. The number of carbonyl (C=O) groups excluding carboxylic acids is 1. The van der Waals surface area contributed by atoms with Crippen LogP contribution >= 0.6 is 63.0 Å². The number of hydrogen-bond donors (Lipinski definition) is 3. The SMILES string of the molecule is Cc1ccccc1NC(=S)NC(NC(=O)c1ccccc1Br)C(Cl)(Cl)Cl. The Morgan fingerprint density at radius 3 is 2.31 bits per heavy atom. The van der Waals surface area contributed by atoms with E-state index < -0.39 is 15.9 Å². The van der Waals surface area contributed by atoms with Crippen molar-refractivity contribution < 1.29 is 4.79 Å². The van der Waals surface area contributed by atoms with E-state index in [9.17, 15) is 4.79 Å². The Balaban J connectivity index is 2.10. The maximum atomic E-state index is 12.5. The Bertz CT molecular complexity index is 814. The van der Waals surface area contributed by atoms with Crippen LogP contribution in [0.5, 0.6) is 0 Å². The van der Waals surface area contributed by atoms with E-state index in [-0.39, 0.29) is 5.11 Å². The molecule has 0 bridgehead atoms. The molecule has 2 rings (SSSR count). The number of anilines is 1. The molecule has 4 nitrogen and oxygen atoms in total. The maximum Gasteiger partial charge on any atom is 0.254 e. The van der Waals surface area contributed by atoms with E-state index in [1.54, 1.807) is 24.3 Å². The fraction of sp³-hybridized carbons (Fsp3) is 0.176. The quantitative estimate of drug-likeness (QED) is 0.311. The Labute approximate surface area is 180 Å². The molecule has 1 unspecified atom stereocenters. The van der Waals surface area contributed by atoms with Crippen molar-refractivity contribution in [2.75, 3.05) is 5.32 Å². The number of nitrogens with one attached hydrogen (secondary N) is 3. The van der Waals surface area contributed by atoms with E-state index in [1.165, 1.54) is 0 Å². The first-order valence-electron chi connectivity index (χ1n) is 7.43. The molecular weight excluding hydrogens is 481 g/mol. The van der Waals surface area contributed by atoms with Crippen molar-refractivity contribution in [3.63, 3.8) is 0 Å². The summed E-state index contributed by atoms with van der Waals surface area (Å²) in [5.41, 5.74) is 2.22. The number of para-hydroxylation sites is 1. The second-order valence-corrected chi connectivity index (χ2v) is 8.97. The zero-order chi connectivity index (χ0) is 19.3. The first kappa shape index (κ1) is 21.3. The molecule has 0 aliphatic rings. The van der Waals surface area contributed by atoms with Gasteiger partial charge in [0, 0.05) is 10.2 Å². The third kappa shape index (κ3) is 5.99. The van der Waals surface area contributed by atoms with Crippen molar-refractivity contribution in [2.24, 2.45) is 0 Å². The average molecular weight is 496 g/mol. The second-order valence-electron chi connectivity index (χ2n) is 5.34. The number of aryl methyl sites for hydroxylation is 1. The number of benzene rings is 2. The summed E-state index contributed by atoms with van der Waals surface area (Å²) in [7, 11) is 0. The molecule has 9 heteroatoms. The van der Waals surface area contributed by atoms with Crippen LogP contribution in [-0.4, -0.2) is 21.0 Å². The van der Waals surface area contributed by atoms with E-state index in [4.69, 9.17) is 47.0 Å². The van der Waals surface area contributed by atoms with Gasteiger partial charge in [0.15, 0.2) is 5.11 Å². The summed E-state index contributed by atoms with van der Waals surface area (Å²) < 4.78 is -1.20. The van der Waals surface area contributed by atoms with Crippen LogP contribution in [0, 0.1) is 6.92 Å². The van der Waals surface area contributed by atoms with Gasteiger partial charge < -0.3 is 16.0 Å². The summed E-state index contributed by atoms with van der Waals surface area (Å²) >= 11 is 26.6. The van der Waals surface area contributed by atoms with Gasteiger partial charge in [-0.3, -0.25) is 4.79 Å².